The topological polar surface area (TPSA) is 115 Å². The maximum Gasteiger partial charge on any atom is 0.335 e. The van der Waals surface area contributed by atoms with Crippen molar-refractivity contribution >= 4 is 11.9 Å². The van der Waals surface area contributed by atoms with Gasteiger partial charge in [-0.15, -0.1) is 0 Å². The Kier molecular flexibility index (Phi) is 16.3. The van der Waals surface area contributed by atoms with Crippen molar-refractivity contribution in [3.8, 4) is 0 Å². The predicted molar refractivity (Wildman–Crippen MR) is 136 cm³/mol. The van der Waals surface area contributed by atoms with E-state index in [0.717, 1.165) is 25.7 Å². The average molecular weight is 475 g/mol. The van der Waals surface area contributed by atoms with Gasteiger partial charge in [-0.1, -0.05) is 76.9 Å². The van der Waals surface area contributed by atoms with Crippen LogP contribution in [0.15, 0.2) is 60.7 Å². The average Bonchev–Trinajstić information content (AvgIpc) is 2.82. The fourth-order valence-corrected chi connectivity index (χ4v) is 3.77. The molecule has 0 saturated heterocycles. The molecule has 4 unspecified atom stereocenters. The zero-order valence-corrected chi connectivity index (χ0v) is 21.1. The second-order valence-corrected chi connectivity index (χ2v) is 8.72. The Labute approximate surface area is 204 Å². The summed E-state index contributed by atoms with van der Waals surface area (Å²) in [5.41, 5.74) is 0.662. The monoisotopic (exact) mass is 474 g/mol. The molecule has 2 aromatic carbocycles. The van der Waals surface area contributed by atoms with Crippen molar-refractivity contribution in [2.24, 2.45) is 17.8 Å². The van der Waals surface area contributed by atoms with Gasteiger partial charge in [0.15, 0.2) is 0 Å². The maximum atomic E-state index is 10.3. The Balaban J connectivity index is 0.000000513. The molecule has 2 rings (SSSR count). The Morgan fingerprint density at radius 2 is 1.03 bits per heavy atom. The Hall–Kier alpha value is -2.70. The first-order valence-corrected chi connectivity index (χ1v) is 12.0. The highest BCUT2D eigenvalue weighted by atomic mass is 16.4. The van der Waals surface area contributed by atoms with Crippen molar-refractivity contribution in [3.05, 3.63) is 71.8 Å². The first kappa shape index (κ1) is 31.3. The van der Waals surface area contributed by atoms with Crippen molar-refractivity contribution in [1.82, 2.24) is 0 Å². The molecule has 34 heavy (non-hydrogen) atoms. The van der Waals surface area contributed by atoms with Gasteiger partial charge in [-0.2, -0.15) is 0 Å². The van der Waals surface area contributed by atoms with Crippen LogP contribution in [0.25, 0.3) is 0 Å². The van der Waals surface area contributed by atoms with Crippen molar-refractivity contribution in [2.45, 2.75) is 72.5 Å². The molecular formula is C28H42O6. The van der Waals surface area contributed by atoms with Crippen LogP contribution >= 0.6 is 0 Å². The van der Waals surface area contributed by atoms with Gasteiger partial charge in [0.25, 0.3) is 0 Å². The summed E-state index contributed by atoms with van der Waals surface area (Å²) < 4.78 is 0. The molecule has 0 bridgehead atoms. The molecular weight excluding hydrogens is 432 g/mol. The van der Waals surface area contributed by atoms with E-state index in [0.29, 0.717) is 11.1 Å². The number of carboxylic acids is 2. The van der Waals surface area contributed by atoms with Gasteiger partial charge in [0, 0.05) is 0 Å². The lowest BCUT2D eigenvalue weighted by Crippen LogP contribution is -2.36. The summed E-state index contributed by atoms with van der Waals surface area (Å²) >= 11 is 0. The lowest BCUT2D eigenvalue weighted by molar-refractivity contribution is -0.0151. The van der Waals surface area contributed by atoms with Crippen LogP contribution in [0.4, 0.5) is 0 Å². The van der Waals surface area contributed by atoms with Gasteiger partial charge in [0.2, 0.25) is 0 Å². The van der Waals surface area contributed by atoms with E-state index in [1.54, 1.807) is 60.7 Å². The number of aliphatic hydroxyl groups excluding tert-OH is 2. The quantitative estimate of drug-likeness (QED) is 0.336. The number of rotatable bonds is 10. The minimum absolute atomic E-state index is 0.238. The van der Waals surface area contributed by atoms with Crippen molar-refractivity contribution < 1.29 is 30.0 Å². The molecule has 0 radical (unpaired) electrons. The number of benzene rings is 2. The zero-order chi connectivity index (χ0) is 26.1. The molecule has 6 heteroatoms. The Morgan fingerprint density at radius 3 is 1.26 bits per heavy atom. The van der Waals surface area contributed by atoms with Crippen LogP contribution in [-0.2, 0) is 0 Å². The number of hydrogen-bond acceptors (Lipinski definition) is 4. The lowest BCUT2D eigenvalue weighted by atomic mass is 9.76. The van der Waals surface area contributed by atoms with E-state index in [2.05, 4.69) is 27.7 Å². The van der Waals surface area contributed by atoms with Crippen molar-refractivity contribution in [2.75, 3.05) is 0 Å². The van der Waals surface area contributed by atoms with Crippen LogP contribution in [-0.4, -0.2) is 44.6 Å². The standard InChI is InChI=1S/C14H30O2.2C7H6O2/c1-6-8-12(11(5)15)13(9-7-2)14(16)10(3)4;2*8-7(9)6-4-2-1-3-5-6/h10-16H,6-9H2,1-5H3;2*1-5H,(H,8,9). The van der Waals surface area contributed by atoms with Crippen LogP contribution in [0.5, 0.6) is 0 Å². The Morgan fingerprint density at radius 1 is 0.676 bits per heavy atom. The van der Waals surface area contributed by atoms with E-state index in [9.17, 15) is 19.8 Å². The molecule has 0 amide bonds. The van der Waals surface area contributed by atoms with Gasteiger partial charge in [0.05, 0.1) is 23.3 Å². The van der Waals surface area contributed by atoms with E-state index in [-0.39, 0.29) is 30.0 Å². The molecule has 4 N–H and O–H groups in total. The van der Waals surface area contributed by atoms with Crippen LogP contribution in [0.3, 0.4) is 0 Å². The highest BCUT2D eigenvalue weighted by molar-refractivity contribution is 5.87. The van der Waals surface area contributed by atoms with Gasteiger partial charge in [-0.3, -0.25) is 0 Å². The molecule has 0 aromatic heterocycles. The predicted octanol–water partition coefficient (Wildman–Crippen LogP) is 5.99. The van der Waals surface area contributed by atoms with E-state index < -0.39 is 11.9 Å². The summed E-state index contributed by atoms with van der Waals surface area (Å²) in [4.78, 5) is 20.4. The van der Waals surface area contributed by atoms with E-state index in [1.807, 2.05) is 6.92 Å². The van der Waals surface area contributed by atoms with E-state index >= 15 is 0 Å². The minimum atomic E-state index is -0.879. The van der Waals surface area contributed by atoms with Gasteiger partial charge in [0.1, 0.15) is 0 Å². The highest BCUT2D eigenvalue weighted by Crippen LogP contribution is 2.31. The molecule has 0 spiro atoms. The molecule has 0 fully saturated rings. The van der Waals surface area contributed by atoms with Gasteiger partial charge < -0.3 is 20.4 Å². The second kappa shape index (κ2) is 17.7. The first-order chi connectivity index (χ1) is 16.1. The number of aliphatic hydroxyl groups is 2. The Bertz CT molecular complexity index is 740. The van der Waals surface area contributed by atoms with Gasteiger partial charge >= 0.3 is 11.9 Å². The number of carboxylic acid groups (broad SMARTS) is 2. The number of aromatic carboxylic acids is 2. The SMILES string of the molecule is CCCC(C(C)O)C(CCC)C(O)C(C)C.O=C(O)c1ccccc1.O=C(O)c1ccccc1. The first-order valence-electron chi connectivity index (χ1n) is 12.0. The normalized spacial score (nSPS) is 13.9. The largest absolute Gasteiger partial charge is 0.478 e. The van der Waals surface area contributed by atoms with Crippen LogP contribution < -0.4 is 0 Å². The fraction of sp³-hybridized carbons (Fsp3) is 0.500. The third-order valence-corrected chi connectivity index (χ3v) is 5.58. The second-order valence-electron chi connectivity index (χ2n) is 8.72. The maximum absolute atomic E-state index is 10.3. The lowest BCUT2D eigenvalue weighted by Gasteiger charge is -2.34. The fourth-order valence-electron chi connectivity index (χ4n) is 3.77. The molecule has 6 nitrogen and oxygen atoms in total. The summed E-state index contributed by atoms with van der Waals surface area (Å²) in [5, 5.41) is 36.9. The molecule has 0 aliphatic rings. The summed E-state index contributed by atoms with van der Waals surface area (Å²) in [6, 6.07) is 16.6. The summed E-state index contributed by atoms with van der Waals surface area (Å²) in [7, 11) is 0. The molecule has 190 valence electrons. The van der Waals surface area contributed by atoms with Gasteiger partial charge in [-0.25, -0.2) is 9.59 Å². The number of hydrogen-bond donors (Lipinski definition) is 4. The van der Waals surface area contributed by atoms with Crippen molar-refractivity contribution in [1.29, 1.82) is 0 Å². The molecule has 4 atom stereocenters. The highest BCUT2D eigenvalue weighted by Gasteiger charge is 2.31. The van der Waals surface area contributed by atoms with E-state index in [1.165, 1.54) is 0 Å². The van der Waals surface area contributed by atoms with E-state index in [4.69, 9.17) is 10.2 Å². The van der Waals surface area contributed by atoms with Crippen LogP contribution in [0.2, 0.25) is 0 Å². The molecule has 0 heterocycles. The third-order valence-electron chi connectivity index (χ3n) is 5.58. The summed E-state index contributed by atoms with van der Waals surface area (Å²) in [6.07, 6.45) is 3.55. The molecule has 0 aliphatic heterocycles. The number of carbonyl (C=O) groups is 2. The van der Waals surface area contributed by atoms with Crippen molar-refractivity contribution in [3.63, 3.8) is 0 Å². The van der Waals surface area contributed by atoms with Crippen LogP contribution in [0.1, 0.15) is 81.0 Å². The molecule has 0 aliphatic carbocycles. The molecule has 0 saturated carbocycles. The van der Waals surface area contributed by atoms with Crippen LogP contribution in [0, 0.1) is 17.8 Å². The summed E-state index contributed by atoms with van der Waals surface area (Å²) in [6.45, 7) is 10.2. The summed E-state index contributed by atoms with van der Waals surface area (Å²) in [5.74, 6) is -1.01. The minimum Gasteiger partial charge on any atom is -0.478 e. The smallest absolute Gasteiger partial charge is 0.335 e. The van der Waals surface area contributed by atoms with Gasteiger partial charge in [-0.05, 0) is 61.8 Å². The third kappa shape index (κ3) is 12.5. The zero-order valence-electron chi connectivity index (χ0n) is 21.1. The molecule has 2 aromatic rings.